The van der Waals surface area contributed by atoms with Crippen molar-refractivity contribution in [1.82, 2.24) is 15.1 Å². The third-order valence-corrected chi connectivity index (χ3v) is 5.44. The number of carbonyl (C=O) groups is 1. The van der Waals surface area contributed by atoms with Crippen molar-refractivity contribution in [3.8, 4) is 11.5 Å². The fraction of sp³-hybridized carbons (Fsp3) is 0.389. The van der Waals surface area contributed by atoms with Crippen molar-refractivity contribution in [1.29, 1.82) is 0 Å². The third kappa shape index (κ3) is 3.51. The summed E-state index contributed by atoms with van der Waals surface area (Å²) in [7, 11) is 0. The molecule has 1 amide bonds. The van der Waals surface area contributed by atoms with Crippen molar-refractivity contribution in [3.05, 3.63) is 39.9 Å². The Labute approximate surface area is 150 Å². The Balaban J connectivity index is 1.42. The number of benzene rings is 1. The molecule has 0 spiro atoms. The van der Waals surface area contributed by atoms with Gasteiger partial charge in [0.2, 0.25) is 12.7 Å². The van der Waals surface area contributed by atoms with E-state index in [9.17, 15) is 4.79 Å². The monoisotopic (exact) mass is 357 g/mol. The lowest BCUT2D eigenvalue weighted by atomic mass is 9.98. The van der Waals surface area contributed by atoms with Crippen LogP contribution < -0.4 is 9.47 Å². The molecule has 3 heterocycles. The molecule has 130 valence electrons. The van der Waals surface area contributed by atoms with Crippen molar-refractivity contribution < 1.29 is 14.3 Å². The number of carbonyl (C=O) groups excluding carboxylic acids is 1. The van der Waals surface area contributed by atoms with Crippen LogP contribution in [0.5, 0.6) is 11.5 Å². The van der Waals surface area contributed by atoms with E-state index >= 15 is 0 Å². The van der Waals surface area contributed by atoms with E-state index in [2.05, 4.69) is 10.2 Å². The summed E-state index contributed by atoms with van der Waals surface area (Å²) in [4.78, 5) is 14.4. The Kier molecular flexibility index (Phi) is 4.40. The molecule has 0 saturated carbocycles. The molecule has 6 nitrogen and oxygen atoms in total. The first-order valence-electron chi connectivity index (χ1n) is 8.36. The van der Waals surface area contributed by atoms with Crippen LogP contribution in [0.25, 0.3) is 6.08 Å². The summed E-state index contributed by atoms with van der Waals surface area (Å²) >= 11 is 1.63. The van der Waals surface area contributed by atoms with Gasteiger partial charge >= 0.3 is 0 Å². The molecule has 1 saturated heterocycles. The Morgan fingerprint density at radius 3 is 3.04 bits per heavy atom. The number of likely N-dealkylation sites (tertiary alicyclic amines) is 1. The number of hydrogen-bond acceptors (Lipinski definition) is 6. The van der Waals surface area contributed by atoms with Crippen molar-refractivity contribution in [2.24, 2.45) is 0 Å². The lowest BCUT2D eigenvalue weighted by molar-refractivity contribution is -0.127. The molecule has 0 bridgehead atoms. The lowest BCUT2D eigenvalue weighted by Crippen LogP contribution is -2.38. The van der Waals surface area contributed by atoms with E-state index in [0.29, 0.717) is 12.5 Å². The van der Waals surface area contributed by atoms with Gasteiger partial charge in [-0.1, -0.05) is 6.07 Å². The largest absolute Gasteiger partial charge is 0.454 e. The predicted octanol–water partition coefficient (Wildman–Crippen LogP) is 2.99. The van der Waals surface area contributed by atoms with E-state index in [1.807, 2.05) is 36.1 Å². The van der Waals surface area contributed by atoms with E-state index in [0.717, 1.165) is 46.5 Å². The van der Waals surface area contributed by atoms with Crippen molar-refractivity contribution in [2.75, 3.05) is 19.9 Å². The van der Waals surface area contributed by atoms with E-state index in [1.165, 1.54) is 0 Å². The molecule has 0 aliphatic carbocycles. The summed E-state index contributed by atoms with van der Waals surface area (Å²) in [6, 6.07) is 5.66. The van der Waals surface area contributed by atoms with Crippen LogP contribution in [0, 0.1) is 6.92 Å². The van der Waals surface area contributed by atoms with Crippen molar-refractivity contribution >= 4 is 23.3 Å². The minimum Gasteiger partial charge on any atom is -0.454 e. The highest BCUT2D eigenvalue weighted by molar-refractivity contribution is 7.11. The van der Waals surface area contributed by atoms with Crippen molar-refractivity contribution in [3.63, 3.8) is 0 Å². The van der Waals surface area contributed by atoms with Crippen LogP contribution >= 0.6 is 11.3 Å². The molecule has 25 heavy (non-hydrogen) atoms. The molecule has 1 aromatic carbocycles. The minimum atomic E-state index is 0.0311. The molecule has 2 aliphatic heterocycles. The number of piperidine rings is 1. The highest BCUT2D eigenvalue weighted by atomic mass is 32.1. The normalized spacial score (nSPS) is 19.6. The molecular formula is C18H19N3O3S. The minimum absolute atomic E-state index is 0.0311. The number of nitrogens with zero attached hydrogens (tertiary/aromatic N) is 3. The average Bonchev–Trinajstić information content (AvgIpc) is 3.28. The summed E-state index contributed by atoms with van der Waals surface area (Å²) in [6.07, 6.45) is 5.51. The lowest BCUT2D eigenvalue weighted by Gasteiger charge is -2.30. The molecule has 2 aliphatic rings. The number of ether oxygens (including phenoxy) is 2. The summed E-state index contributed by atoms with van der Waals surface area (Å²) < 4.78 is 10.7. The molecule has 0 radical (unpaired) electrons. The summed E-state index contributed by atoms with van der Waals surface area (Å²) in [5, 5.41) is 10.4. The van der Waals surface area contributed by atoms with Crippen LogP contribution in [0.3, 0.4) is 0 Å². The Morgan fingerprint density at radius 2 is 2.20 bits per heavy atom. The first-order chi connectivity index (χ1) is 12.2. The number of aryl methyl sites for hydroxylation is 1. The number of fused-ring (bicyclic) bond motifs is 1. The second-order valence-corrected chi connectivity index (χ2v) is 7.44. The van der Waals surface area contributed by atoms with Gasteiger partial charge in [0.15, 0.2) is 11.5 Å². The number of aromatic nitrogens is 2. The van der Waals surface area contributed by atoms with Gasteiger partial charge < -0.3 is 14.4 Å². The topological polar surface area (TPSA) is 64.6 Å². The van der Waals surface area contributed by atoms with Gasteiger partial charge in [-0.3, -0.25) is 4.79 Å². The quantitative estimate of drug-likeness (QED) is 0.790. The van der Waals surface area contributed by atoms with Crippen molar-refractivity contribution in [2.45, 2.75) is 25.7 Å². The van der Waals surface area contributed by atoms with Gasteiger partial charge in [0, 0.05) is 25.1 Å². The summed E-state index contributed by atoms with van der Waals surface area (Å²) in [5.74, 6) is 1.79. The van der Waals surface area contributed by atoms with Gasteiger partial charge in [0.1, 0.15) is 10.0 Å². The van der Waals surface area contributed by atoms with Gasteiger partial charge in [0.25, 0.3) is 0 Å². The van der Waals surface area contributed by atoms with Crippen LogP contribution in [0.4, 0.5) is 0 Å². The molecule has 1 atom stereocenters. The average molecular weight is 357 g/mol. The van der Waals surface area contributed by atoms with Gasteiger partial charge in [-0.25, -0.2) is 0 Å². The van der Waals surface area contributed by atoms with Crippen LogP contribution in [-0.4, -0.2) is 40.9 Å². The van der Waals surface area contributed by atoms with Crippen LogP contribution in [0.2, 0.25) is 0 Å². The van der Waals surface area contributed by atoms with Gasteiger partial charge in [-0.05, 0) is 43.5 Å². The highest BCUT2D eigenvalue weighted by Crippen LogP contribution is 2.33. The Bertz CT molecular complexity index is 818. The SMILES string of the molecule is Cc1nnc([C@H]2CCCN(C(=O)/C=C/c3ccc4c(c3)OCO4)C2)s1. The smallest absolute Gasteiger partial charge is 0.246 e. The summed E-state index contributed by atoms with van der Waals surface area (Å²) in [5.41, 5.74) is 0.922. The van der Waals surface area contributed by atoms with Crippen LogP contribution in [-0.2, 0) is 4.79 Å². The highest BCUT2D eigenvalue weighted by Gasteiger charge is 2.26. The van der Waals surface area contributed by atoms with Gasteiger partial charge in [-0.15, -0.1) is 21.5 Å². The summed E-state index contributed by atoms with van der Waals surface area (Å²) in [6.45, 7) is 3.71. The molecule has 7 heteroatoms. The van der Waals surface area contributed by atoms with E-state index in [4.69, 9.17) is 9.47 Å². The molecule has 0 N–H and O–H groups in total. The predicted molar refractivity (Wildman–Crippen MR) is 94.8 cm³/mol. The second-order valence-electron chi connectivity index (χ2n) is 6.23. The zero-order valence-electron chi connectivity index (χ0n) is 14.0. The van der Waals surface area contributed by atoms with Gasteiger partial charge in [-0.2, -0.15) is 0 Å². The molecule has 1 aromatic heterocycles. The third-order valence-electron chi connectivity index (χ3n) is 4.44. The maximum Gasteiger partial charge on any atom is 0.246 e. The molecule has 1 fully saturated rings. The fourth-order valence-corrected chi connectivity index (χ4v) is 3.97. The van der Waals surface area contributed by atoms with Crippen LogP contribution in [0.1, 0.15) is 34.3 Å². The second kappa shape index (κ2) is 6.84. The Morgan fingerprint density at radius 1 is 1.32 bits per heavy atom. The number of amides is 1. The maximum absolute atomic E-state index is 12.5. The Hall–Kier alpha value is -2.41. The zero-order chi connectivity index (χ0) is 17.2. The van der Waals surface area contributed by atoms with E-state index in [-0.39, 0.29) is 12.7 Å². The first kappa shape index (κ1) is 16.1. The van der Waals surface area contributed by atoms with Gasteiger partial charge in [0.05, 0.1) is 0 Å². The van der Waals surface area contributed by atoms with Crippen LogP contribution in [0.15, 0.2) is 24.3 Å². The van der Waals surface area contributed by atoms with E-state index < -0.39 is 0 Å². The molecule has 2 aromatic rings. The fourth-order valence-electron chi connectivity index (χ4n) is 3.15. The molecule has 0 unspecified atom stereocenters. The molecule has 4 rings (SSSR count). The zero-order valence-corrected chi connectivity index (χ0v) is 14.8. The maximum atomic E-state index is 12.5. The van der Waals surface area contributed by atoms with E-state index in [1.54, 1.807) is 17.4 Å². The number of hydrogen-bond donors (Lipinski definition) is 0. The standard InChI is InChI=1S/C18H19N3O3S/c1-12-19-20-18(25-12)14-3-2-8-21(10-14)17(22)7-5-13-4-6-15-16(9-13)24-11-23-15/h4-7,9,14H,2-3,8,10-11H2,1H3/b7-5+/t14-/m0/s1. The number of rotatable bonds is 3. The molecular weight excluding hydrogens is 338 g/mol. The first-order valence-corrected chi connectivity index (χ1v) is 9.17.